The monoisotopic (exact) mass is 429 g/mol. The minimum atomic E-state index is -3.50. The van der Waals surface area contributed by atoms with Crippen LogP contribution in [0.15, 0.2) is 42.5 Å². The summed E-state index contributed by atoms with van der Waals surface area (Å²) in [5.74, 6) is -0.145. The van der Waals surface area contributed by atoms with E-state index in [1.165, 1.54) is 21.1 Å². The van der Waals surface area contributed by atoms with Crippen LogP contribution in [0.1, 0.15) is 22.3 Å². The van der Waals surface area contributed by atoms with E-state index in [0.29, 0.717) is 13.1 Å². The Hall–Kier alpha value is -2.38. The molecule has 0 radical (unpaired) electrons. The number of benzene rings is 2. The Bertz CT molecular complexity index is 995. The highest BCUT2D eigenvalue weighted by molar-refractivity contribution is 7.88. The largest absolute Gasteiger partial charge is 0.368 e. The molecule has 0 bridgehead atoms. The minimum Gasteiger partial charge on any atom is -0.368 e. The van der Waals surface area contributed by atoms with Crippen molar-refractivity contribution in [1.29, 1.82) is 0 Å². The van der Waals surface area contributed by atoms with E-state index < -0.39 is 10.0 Å². The third-order valence-corrected chi connectivity index (χ3v) is 7.01. The van der Waals surface area contributed by atoms with Gasteiger partial charge < -0.3 is 9.80 Å². The topological polar surface area (TPSA) is 60.9 Å². The Kier molecular flexibility index (Phi) is 6.83. The van der Waals surface area contributed by atoms with E-state index in [2.05, 4.69) is 36.9 Å². The molecule has 0 atom stereocenters. The van der Waals surface area contributed by atoms with Gasteiger partial charge in [-0.15, -0.1) is 0 Å². The van der Waals surface area contributed by atoms with Crippen LogP contribution in [0.4, 0.5) is 5.69 Å². The molecule has 1 saturated heterocycles. The molecule has 0 aromatic heterocycles. The lowest BCUT2D eigenvalue weighted by Gasteiger charge is -2.37. The van der Waals surface area contributed by atoms with Crippen LogP contribution < -0.4 is 4.90 Å². The SMILES string of the molecule is Cc1ccc(CN(CC(=O)N2CCN(c3cccc(C)c3C)CC2)S(C)(=O)=O)cc1. The Labute approximate surface area is 180 Å². The average molecular weight is 430 g/mol. The Morgan fingerprint density at radius 3 is 2.20 bits per heavy atom. The lowest BCUT2D eigenvalue weighted by molar-refractivity contribution is -0.131. The van der Waals surface area contributed by atoms with Crippen molar-refractivity contribution in [2.24, 2.45) is 0 Å². The number of hydrogen-bond acceptors (Lipinski definition) is 4. The third kappa shape index (κ3) is 5.40. The number of piperazine rings is 1. The maximum absolute atomic E-state index is 12.9. The summed E-state index contributed by atoms with van der Waals surface area (Å²) in [5.41, 5.74) is 5.71. The van der Waals surface area contributed by atoms with Gasteiger partial charge in [-0.1, -0.05) is 42.0 Å². The minimum absolute atomic E-state index is 0.129. The smallest absolute Gasteiger partial charge is 0.238 e. The van der Waals surface area contributed by atoms with E-state index in [1.54, 1.807) is 4.90 Å². The number of anilines is 1. The van der Waals surface area contributed by atoms with E-state index in [9.17, 15) is 13.2 Å². The number of carbonyl (C=O) groups excluding carboxylic acids is 1. The first-order valence-electron chi connectivity index (χ1n) is 10.2. The summed E-state index contributed by atoms with van der Waals surface area (Å²) in [6, 6.07) is 14.0. The van der Waals surface area contributed by atoms with Crippen molar-refractivity contribution < 1.29 is 13.2 Å². The van der Waals surface area contributed by atoms with Crippen LogP contribution in [0.3, 0.4) is 0 Å². The standard InChI is InChI=1S/C23H31N3O3S/c1-18-8-10-21(11-9-18)16-26(30(4,28)29)17-23(27)25-14-12-24(13-15-25)22-7-5-6-19(2)20(22)3/h5-11H,12-17H2,1-4H3. The van der Waals surface area contributed by atoms with Crippen molar-refractivity contribution in [3.05, 3.63) is 64.7 Å². The van der Waals surface area contributed by atoms with Crippen molar-refractivity contribution in [2.45, 2.75) is 27.3 Å². The van der Waals surface area contributed by atoms with Gasteiger partial charge in [0.25, 0.3) is 0 Å². The second-order valence-corrected chi connectivity index (χ2v) is 10.1. The van der Waals surface area contributed by atoms with Gasteiger partial charge in [0.1, 0.15) is 0 Å². The molecule has 0 spiro atoms. The van der Waals surface area contributed by atoms with E-state index >= 15 is 0 Å². The second kappa shape index (κ2) is 9.18. The molecule has 162 valence electrons. The zero-order valence-corrected chi connectivity index (χ0v) is 19.1. The first-order valence-corrected chi connectivity index (χ1v) is 12.1. The molecule has 2 aromatic rings. The van der Waals surface area contributed by atoms with Gasteiger partial charge in [0.2, 0.25) is 15.9 Å². The molecule has 0 aliphatic carbocycles. The van der Waals surface area contributed by atoms with Crippen LogP contribution >= 0.6 is 0 Å². The van der Waals surface area contributed by atoms with Crippen molar-refractivity contribution in [3.8, 4) is 0 Å². The van der Waals surface area contributed by atoms with Crippen molar-refractivity contribution in [2.75, 3.05) is 43.9 Å². The molecule has 2 aromatic carbocycles. The molecule has 1 amide bonds. The van der Waals surface area contributed by atoms with Crippen molar-refractivity contribution in [3.63, 3.8) is 0 Å². The molecule has 0 unspecified atom stereocenters. The van der Waals surface area contributed by atoms with Crippen LogP contribution in [0.2, 0.25) is 0 Å². The maximum atomic E-state index is 12.9. The summed E-state index contributed by atoms with van der Waals surface area (Å²) in [7, 11) is -3.50. The fourth-order valence-electron chi connectivity index (χ4n) is 3.71. The van der Waals surface area contributed by atoms with Gasteiger partial charge in [-0.25, -0.2) is 8.42 Å². The summed E-state index contributed by atoms with van der Waals surface area (Å²) >= 11 is 0. The highest BCUT2D eigenvalue weighted by atomic mass is 32.2. The predicted octanol–water partition coefficient (Wildman–Crippen LogP) is 2.72. The highest BCUT2D eigenvalue weighted by Gasteiger charge is 2.27. The molecule has 1 aliphatic heterocycles. The van der Waals surface area contributed by atoms with Crippen LogP contribution in [-0.2, 0) is 21.4 Å². The number of amides is 1. The fourth-order valence-corrected chi connectivity index (χ4v) is 4.44. The summed E-state index contributed by atoms with van der Waals surface area (Å²) in [6.45, 7) is 8.95. The molecule has 0 N–H and O–H groups in total. The summed E-state index contributed by atoms with van der Waals surface area (Å²) in [6.07, 6.45) is 1.16. The quantitative estimate of drug-likeness (QED) is 0.708. The van der Waals surface area contributed by atoms with Crippen LogP contribution in [0, 0.1) is 20.8 Å². The molecule has 30 heavy (non-hydrogen) atoms. The van der Waals surface area contributed by atoms with E-state index in [1.807, 2.05) is 31.2 Å². The molecule has 7 heteroatoms. The van der Waals surface area contributed by atoms with Crippen LogP contribution in [-0.4, -0.2) is 62.5 Å². The number of carbonyl (C=O) groups is 1. The number of rotatable bonds is 6. The normalized spacial score (nSPS) is 15.0. The van der Waals surface area contributed by atoms with Gasteiger partial charge >= 0.3 is 0 Å². The number of aryl methyl sites for hydroxylation is 2. The Balaban J connectivity index is 1.63. The third-order valence-electron chi connectivity index (χ3n) is 5.81. The molecule has 0 saturated carbocycles. The van der Waals surface area contributed by atoms with Gasteiger partial charge in [0.05, 0.1) is 12.8 Å². The first kappa shape index (κ1) is 22.3. The maximum Gasteiger partial charge on any atom is 0.238 e. The zero-order chi connectivity index (χ0) is 21.9. The van der Waals surface area contributed by atoms with Crippen molar-refractivity contribution >= 4 is 21.6 Å². The molecule has 6 nitrogen and oxygen atoms in total. The predicted molar refractivity (Wildman–Crippen MR) is 121 cm³/mol. The van der Waals surface area contributed by atoms with Gasteiger partial charge in [-0.3, -0.25) is 4.79 Å². The van der Waals surface area contributed by atoms with E-state index in [4.69, 9.17) is 0 Å². The summed E-state index contributed by atoms with van der Waals surface area (Å²) in [5, 5.41) is 0. The summed E-state index contributed by atoms with van der Waals surface area (Å²) in [4.78, 5) is 16.9. The van der Waals surface area contributed by atoms with Gasteiger partial charge in [-0.2, -0.15) is 4.31 Å². The lowest BCUT2D eigenvalue weighted by atomic mass is 10.1. The van der Waals surface area contributed by atoms with Crippen molar-refractivity contribution in [1.82, 2.24) is 9.21 Å². The Morgan fingerprint density at radius 2 is 1.60 bits per heavy atom. The number of nitrogens with zero attached hydrogens (tertiary/aromatic N) is 3. The molecule has 3 rings (SSSR count). The fraction of sp³-hybridized carbons (Fsp3) is 0.435. The first-order chi connectivity index (χ1) is 14.1. The Morgan fingerprint density at radius 1 is 0.967 bits per heavy atom. The van der Waals surface area contributed by atoms with Crippen LogP contribution in [0.25, 0.3) is 0 Å². The molecular formula is C23H31N3O3S. The second-order valence-electron chi connectivity index (χ2n) is 8.10. The molecule has 1 fully saturated rings. The summed E-state index contributed by atoms with van der Waals surface area (Å²) < 4.78 is 25.8. The van der Waals surface area contributed by atoms with Gasteiger partial charge in [0, 0.05) is 38.4 Å². The molecule has 1 heterocycles. The van der Waals surface area contributed by atoms with Gasteiger partial charge in [-0.05, 0) is 43.5 Å². The number of sulfonamides is 1. The molecular weight excluding hydrogens is 398 g/mol. The molecule has 1 aliphatic rings. The average Bonchev–Trinajstić information content (AvgIpc) is 2.70. The van der Waals surface area contributed by atoms with E-state index in [-0.39, 0.29) is 19.0 Å². The number of hydrogen-bond donors (Lipinski definition) is 0. The van der Waals surface area contributed by atoms with E-state index in [0.717, 1.165) is 30.5 Å². The zero-order valence-electron chi connectivity index (χ0n) is 18.3. The van der Waals surface area contributed by atoms with Crippen LogP contribution in [0.5, 0.6) is 0 Å². The highest BCUT2D eigenvalue weighted by Crippen LogP contribution is 2.24. The lowest BCUT2D eigenvalue weighted by Crippen LogP contribution is -2.51. The van der Waals surface area contributed by atoms with Gasteiger partial charge in [0.15, 0.2) is 0 Å².